The standard InChI is InChI=1S/C48H88NO10P/c1-3-5-7-9-11-13-15-17-18-19-20-21-22-23-24-25-26-28-29-31-33-35-37-39-46(51)49-45(48(53)54)43-59-60(55,56)58-42-44(50)41-57-47(52)40-38-36-34-32-30-27-16-14-12-10-8-6-4-2/h11,13,17-18,20-21,44-45,50H,3-10,12,14-16,19,22-43H2,1-2H3,(H,49,51)(H,53,54)(H,55,56)/b13-11-,18-17-,21-20-. The van der Waals surface area contributed by atoms with Gasteiger partial charge in [0.1, 0.15) is 12.7 Å². The van der Waals surface area contributed by atoms with Gasteiger partial charge in [-0.2, -0.15) is 0 Å². The fourth-order valence-corrected chi connectivity index (χ4v) is 7.45. The van der Waals surface area contributed by atoms with Crippen LogP contribution in [0.4, 0.5) is 0 Å². The molecule has 0 heterocycles. The van der Waals surface area contributed by atoms with E-state index in [9.17, 15) is 34.1 Å². The van der Waals surface area contributed by atoms with Gasteiger partial charge in [0.15, 0.2) is 6.04 Å². The summed E-state index contributed by atoms with van der Waals surface area (Å²) in [5.41, 5.74) is 0. The molecule has 0 aromatic rings. The summed E-state index contributed by atoms with van der Waals surface area (Å²) in [6.45, 7) is 2.58. The lowest BCUT2D eigenvalue weighted by molar-refractivity contribution is -0.147. The molecule has 0 aromatic heterocycles. The Hall–Kier alpha value is -2.30. The van der Waals surface area contributed by atoms with Crippen molar-refractivity contribution < 1.29 is 47.8 Å². The number of nitrogens with one attached hydrogen (secondary N) is 1. The molecule has 0 saturated heterocycles. The van der Waals surface area contributed by atoms with Gasteiger partial charge in [0.25, 0.3) is 0 Å². The Labute approximate surface area is 365 Å². The molecule has 3 atom stereocenters. The Morgan fingerprint density at radius 3 is 1.40 bits per heavy atom. The molecule has 0 aliphatic rings. The summed E-state index contributed by atoms with van der Waals surface area (Å²) in [7, 11) is -4.76. The predicted octanol–water partition coefficient (Wildman–Crippen LogP) is 12.8. The zero-order chi connectivity index (χ0) is 44.2. The second-order valence-corrected chi connectivity index (χ2v) is 17.8. The molecule has 60 heavy (non-hydrogen) atoms. The molecule has 0 fully saturated rings. The second kappa shape index (κ2) is 43.4. The fraction of sp³-hybridized carbons (Fsp3) is 0.812. The number of aliphatic hydroxyl groups excluding tert-OH is 1. The van der Waals surface area contributed by atoms with Crippen LogP contribution in [0.5, 0.6) is 0 Å². The number of phosphoric ester groups is 1. The Kier molecular flexibility index (Phi) is 41.7. The van der Waals surface area contributed by atoms with Crippen LogP contribution in [-0.2, 0) is 32.7 Å². The molecule has 0 radical (unpaired) electrons. The van der Waals surface area contributed by atoms with Crippen molar-refractivity contribution in [3.63, 3.8) is 0 Å². The zero-order valence-electron chi connectivity index (χ0n) is 38.0. The Bertz CT molecular complexity index is 1160. The van der Waals surface area contributed by atoms with E-state index in [4.69, 9.17) is 13.8 Å². The third-order valence-electron chi connectivity index (χ3n) is 10.4. The summed E-state index contributed by atoms with van der Waals surface area (Å²) in [6, 6.07) is -1.55. The predicted molar refractivity (Wildman–Crippen MR) is 245 cm³/mol. The van der Waals surface area contributed by atoms with Crippen molar-refractivity contribution >= 4 is 25.7 Å². The van der Waals surface area contributed by atoms with E-state index in [1.807, 2.05) is 0 Å². The number of allylic oxidation sites excluding steroid dienone is 6. The molecular weight excluding hydrogens is 781 g/mol. The number of amides is 1. The molecule has 12 heteroatoms. The molecule has 0 bridgehead atoms. The minimum absolute atomic E-state index is 0.141. The minimum atomic E-state index is -4.76. The number of carbonyl (C=O) groups is 3. The number of hydrogen-bond acceptors (Lipinski definition) is 8. The molecule has 0 saturated carbocycles. The van der Waals surface area contributed by atoms with Crippen molar-refractivity contribution in [3.05, 3.63) is 36.5 Å². The molecule has 4 N–H and O–H groups in total. The van der Waals surface area contributed by atoms with Crippen molar-refractivity contribution in [2.75, 3.05) is 19.8 Å². The highest BCUT2D eigenvalue weighted by Crippen LogP contribution is 2.43. The first kappa shape index (κ1) is 57.7. The number of esters is 1. The van der Waals surface area contributed by atoms with Crippen molar-refractivity contribution in [3.8, 4) is 0 Å². The molecule has 350 valence electrons. The van der Waals surface area contributed by atoms with E-state index in [0.29, 0.717) is 12.8 Å². The van der Waals surface area contributed by atoms with Crippen molar-refractivity contribution in [2.45, 2.75) is 231 Å². The molecule has 0 aromatic carbocycles. The first-order chi connectivity index (χ1) is 29.1. The third-order valence-corrected chi connectivity index (χ3v) is 11.4. The highest BCUT2D eigenvalue weighted by atomic mass is 31.2. The molecule has 11 nitrogen and oxygen atoms in total. The molecule has 0 spiro atoms. The number of aliphatic carboxylic acids is 1. The van der Waals surface area contributed by atoms with Crippen LogP contribution in [0.15, 0.2) is 36.5 Å². The smallest absolute Gasteiger partial charge is 0.472 e. The molecular formula is C48H88NO10P. The largest absolute Gasteiger partial charge is 0.480 e. The van der Waals surface area contributed by atoms with Gasteiger partial charge in [-0.25, -0.2) is 9.36 Å². The van der Waals surface area contributed by atoms with Crippen molar-refractivity contribution in [1.29, 1.82) is 0 Å². The van der Waals surface area contributed by atoms with Gasteiger partial charge in [0, 0.05) is 12.8 Å². The zero-order valence-corrected chi connectivity index (χ0v) is 38.9. The summed E-state index contributed by atoms with van der Waals surface area (Å²) in [6.07, 6.45) is 47.3. The molecule has 3 unspecified atom stereocenters. The minimum Gasteiger partial charge on any atom is -0.480 e. The van der Waals surface area contributed by atoms with E-state index in [1.54, 1.807) is 0 Å². The maximum atomic E-state index is 12.4. The Balaban J connectivity index is 3.85. The number of carboxylic acids is 1. The van der Waals surface area contributed by atoms with Gasteiger partial charge < -0.3 is 25.2 Å². The number of carboxylic acid groups (broad SMARTS) is 1. The van der Waals surface area contributed by atoms with Gasteiger partial charge >= 0.3 is 19.8 Å². The van der Waals surface area contributed by atoms with Crippen LogP contribution in [0.2, 0.25) is 0 Å². The number of aliphatic hydroxyl groups is 1. The molecule has 0 aliphatic carbocycles. The second-order valence-electron chi connectivity index (χ2n) is 16.3. The first-order valence-electron chi connectivity index (χ1n) is 24.0. The molecule has 0 aliphatic heterocycles. The SMILES string of the molecule is CCCCC/C=C\C/C=C\C/C=C\CCCCCCCCCCCCC(=O)NC(COP(=O)(O)OCC(O)COC(=O)CCCCCCCCCCCCCCC)C(=O)O. The molecule has 0 rings (SSSR count). The molecule has 1 amide bonds. The van der Waals surface area contributed by atoms with Gasteiger partial charge in [-0.05, 0) is 51.4 Å². The van der Waals surface area contributed by atoms with Crippen LogP contribution < -0.4 is 5.32 Å². The van der Waals surface area contributed by atoms with Crippen LogP contribution in [0.1, 0.15) is 219 Å². The lowest BCUT2D eigenvalue weighted by Gasteiger charge is -2.18. The summed E-state index contributed by atoms with van der Waals surface area (Å²) < 4.78 is 26.9. The quantitative estimate of drug-likeness (QED) is 0.0200. The average molecular weight is 870 g/mol. The summed E-state index contributed by atoms with van der Waals surface area (Å²) >= 11 is 0. The monoisotopic (exact) mass is 870 g/mol. The average Bonchev–Trinajstić information content (AvgIpc) is 3.22. The van der Waals surface area contributed by atoms with Gasteiger partial charge in [0.2, 0.25) is 5.91 Å². The number of carbonyl (C=O) groups excluding carboxylic acids is 2. The van der Waals surface area contributed by atoms with Gasteiger partial charge in [0.05, 0.1) is 13.2 Å². The number of rotatable bonds is 45. The highest BCUT2D eigenvalue weighted by molar-refractivity contribution is 7.47. The van der Waals surface area contributed by atoms with Gasteiger partial charge in [-0.3, -0.25) is 18.6 Å². The topological polar surface area (TPSA) is 169 Å². The van der Waals surface area contributed by atoms with Gasteiger partial charge in [-0.15, -0.1) is 0 Å². The number of hydrogen-bond donors (Lipinski definition) is 4. The third kappa shape index (κ3) is 42.4. The summed E-state index contributed by atoms with van der Waals surface area (Å²) in [5.74, 6) is -2.37. The van der Waals surface area contributed by atoms with E-state index in [0.717, 1.165) is 64.2 Å². The summed E-state index contributed by atoms with van der Waals surface area (Å²) in [4.78, 5) is 46.0. The first-order valence-corrected chi connectivity index (χ1v) is 25.5. The van der Waals surface area contributed by atoms with Gasteiger partial charge in [-0.1, -0.05) is 192 Å². The van der Waals surface area contributed by atoms with E-state index in [-0.39, 0.29) is 12.8 Å². The van der Waals surface area contributed by atoms with Crippen LogP contribution >= 0.6 is 7.82 Å². The number of phosphoric acid groups is 1. The summed E-state index contributed by atoms with van der Waals surface area (Å²) in [5, 5.41) is 21.9. The highest BCUT2D eigenvalue weighted by Gasteiger charge is 2.28. The lowest BCUT2D eigenvalue weighted by atomic mass is 10.0. The maximum absolute atomic E-state index is 12.4. The van der Waals surface area contributed by atoms with Crippen molar-refractivity contribution in [1.82, 2.24) is 5.32 Å². The van der Waals surface area contributed by atoms with Crippen LogP contribution in [-0.4, -0.2) is 64.9 Å². The van der Waals surface area contributed by atoms with Crippen LogP contribution in [0.3, 0.4) is 0 Å². The van der Waals surface area contributed by atoms with E-state index in [1.165, 1.54) is 116 Å². The number of ether oxygens (including phenoxy) is 1. The van der Waals surface area contributed by atoms with Crippen LogP contribution in [0.25, 0.3) is 0 Å². The van der Waals surface area contributed by atoms with Crippen molar-refractivity contribution in [2.24, 2.45) is 0 Å². The Morgan fingerprint density at radius 1 is 0.533 bits per heavy atom. The fourth-order valence-electron chi connectivity index (χ4n) is 6.68. The maximum Gasteiger partial charge on any atom is 0.472 e. The lowest BCUT2D eigenvalue weighted by Crippen LogP contribution is -2.43. The van der Waals surface area contributed by atoms with E-state index >= 15 is 0 Å². The van der Waals surface area contributed by atoms with E-state index < -0.39 is 57.6 Å². The van der Waals surface area contributed by atoms with Crippen LogP contribution in [0, 0.1) is 0 Å². The normalized spacial score (nSPS) is 13.9. The Morgan fingerprint density at radius 2 is 0.917 bits per heavy atom. The van der Waals surface area contributed by atoms with E-state index in [2.05, 4.69) is 55.6 Å². The number of unbranched alkanes of at least 4 members (excludes halogenated alkanes) is 25.